The molecule has 1 saturated heterocycles. The highest BCUT2D eigenvalue weighted by molar-refractivity contribution is 8.00. The Labute approximate surface area is 101 Å². The van der Waals surface area contributed by atoms with Gasteiger partial charge in [-0.25, -0.2) is 0 Å². The maximum atomic E-state index is 5.90. The van der Waals surface area contributed by atoms with Crippen LogP contribution in [0.3, 0.4) is 0 Å². The normalized spacial score (nSPS) is 24.9. The minimum atomic E-state index is 0.532. The first-order chi connectivity index (χ1) is 7.83. The fourth-order valence-corrected chi connectivity index (χ4v) is 3.48. The molecule has 3 N–H and O–H groups in total. The lowest BCUT2D eigenvalue weighted by molar-refractivity contribution is 0.637. The van der Waals surface area contributed by atoms with Crippen molar-refractivity contribution in [3.8, 4) is 0 Å². The molecule has 2 fully saturated rings. The SMILES string of the molecule is Nc1ccc(SC2CC2)c([C@H]2CCCN2)c1. The fourth-order valence-electron chi connectivity index (χ4n) is 2.26. The summed E-state index contributed by atoms with van der Waals surface area (Å²) in [6.07, 6.45) is 5.30. The molecule has 1 heterocycles. The van der Waals surface area contributed by atoms with E-state index >= 15 is 0 Å². The van der Waals surface area contributed by atoms with E-state index in [-0.39, 0.29) is 0 Å². The van der Waals surface area contributed by atoms with Crippen molar-refractivity contribution in [2.75, 3.05) is 12.3 Å². The highest BCUT2D eigenvalue weighted by Crippen LogP contribution is 2.43. The Morgan fingerprint density at radius 3 is 2.81 bits per heavy atom. The van der Waals surface area contributed by atoms with Crippen LogP contribution in [0.5, 0.6) is 0 Å². The molecule has 1 atom stereocenters. The zero-order valence-corrected chi connectivity index (χ0v) is 10.2. The molecule has 3 rings (SSSR count). The molecule has 1 aromatic carbocycles. The summed E-state index contributed by atoms with van der Waals surface area (Å²) < 4.78 is 0. The molecule has 3 heteroatoms. The van der Waals surface area contributed by atoms with Crippen LogP contribution in [-0.2, 0) is 0 Å². The van der Waals surface area contributed by atoms with E-state index in [0.717, 1.165) is 17.5 Å². The van der Waals surface area contributed by atoms with Gasteiger partial charge in [-0.3, -0.25) is 0 Å². The van der Waals surface area contributed by atoms with Crippen molar-refractivity contribution in [1.82, 2.24) is 5.32 Å². The molecular formula is C13H18N2S. The van der Waals surface area contributed by atoms with E-state index in [1.807, 2.05) is 17.8 Å². The minimum Gasteiger partial charge on any atom is -0.399 e. The van der Waals surface area contributed by atoms with Gasteiger partial charge in [0.05, 0.1) is 0 Å². The second-order valence-electron chi connectivity index (χ2n) is 4.76. The van der Waals surface area contributed by atoms with Gasteiger partial charge in [0.2, 0.25) is 0 Å². The van der Waals surface area contributed by atoms with E-state index in [4.69, 9.17) is 5.73 Å². The van der Waals surface area contributed by atoms with Crippen molar-refractivity contribution in [1.29, 1.82) is 0 Å². The third-order valence-corrected chi connectivity index (χ3v) is 4.72. The lowest BCUT2D eigenvalue weighted by Crippen LogP contribution is -2.14. The molecule has 0 radical (unpaired) electrons. The topological polar surface area (TPSA) is 38.0 Å². The molecule has 2 aliphatic rings. The molecule has 86 valence electrons. The largest absolute Gasteiger partial charge is 0.399 e. The molecule has 0 aromatic heterocycles. The summed E-state index contributed by atoms with van der Waals surface area (Å²) in [5, 5.41) is 4.43. The van der Waals surface area contributed by atoms with Crippen molar-refractivity contribution < 1.29 is 0 Å². The second-order valence-corrected chi connectivity index (χ2v) is 6.11. The standard InChI is InChI=1S/C13H18N2S/c14-9-3-6-13(16-10-4-5-10)11(8-9)12-2-1-7-15-12/h3,6,8,10,12,15H,1-2,4-5,7,14H2/t12-/m1/s1. The number of nitrogen functional groups attached to an aromatic ring is 1. The number of benzene rings is 1. The van der Waals surface area contributed by atoms with Crippen LogP contribution >= 0.6 is 11.8 Å². The van der Waals surface area contributed by atoms with Crippen LogP contribution in [0.15, 0.2) is 23.1 Å². The van der Waals surface area contributed by atoms with Gasteiger partial charge in [-0.1, -0.05) is 0 Å². The molecule has 2 nitrogen and oxygen atoms in total. The maximum absolute atomic E-state index is 5.90. The summed E-state index contributed by atoms with van der Waals surface area (Å²) in [6, 6.07) is 6.93. The molecule has 16 heavy (non-hydrogen) atoms. The molecule has 1 aliphatic heterocycles. The van der Waals surface area contributed by atoms with Crippen molar-refractivity contribution in [3.63, 3.8) is 0 Å². The Hall–Kier alpha value is -0.670. The third kappa shape index (κ3) is 2.20. The van der Waals surface area contributed by atoms with Crippen LogP contribution < -0.4 is 11.1 Å². The Morgan fingerprint density at radius 2 is 2.12 bits per heavy atom. The average molecular weight is 234 g/mol. The third-order valence-electron chi connectivity index (χ3n) is 3.29. The zero-order chi connectivity index (χ0) is 11.0. The molecule has 1 aliphatic carbocycles. The number of hydrogen-bond acceptors (Lipinski definition) is 3. The Balaban J connectivity index is 1.88. The lowest BCUT2D eigenvalue weighted by Gasteiger charge is -2.16. The number of nitrogens with one attached hydrogen (secondary N) is 1. The van der Waals surface area contributed by atoms with E-state index < -0.39 is 0 Å². The van der Waals surface area contributed by atoms with Gasteiger partial charge < -0.3 is 11.1 Å². The van der Waals surface area contributed by atoms with Gasteiger partial charge in [-0.2, -0.15) is 0 Å². The van der Waals surface area contributed by atoms with Crippen LogP contribution in [0.25, 0.3) is 0 Å². The zero-order valence-electron chi connectivity index (χ0n) is 9.41. The number of nitrogens with two attached hydrogens (primary N) is 1. The summed E-state index contributed by atoms with van der Waals surface area (Å²) in [7, 11) is 0. The van der Waals surface area contributed by atoms with Crippen LogP contribution in [0.4, 0.5) is 5.69 Å². The Kier molecular flexibility index (Phi) is 2.82. The lowest BCUT2D eigenvalue weighted by atomic mass is 10.0. The molecule has 1 aromatic rings. The molecule has 0 bridgehead atoms. The first-order valence-electron chi connectivity index (χ1n) is 6.12. The summed E-state index contributed by atoms with van der Waals surface area (Å²) in [5.74, 6) is 0. The van der Waals surface area contributed by atoms with E-state index in [2.05, 4.69) is 17.4 Å². The van der Waals surface area contributed by atoms with Gasteiger partial charge >= 0.3 is 0 Å². The molecular weight excluding hydrogens is 216 g/mol. The maximum Gasteiger partial charge on any atom is 0.0332 e. The highest BCUT2D eigenvalue weighted by Gasteiger charge is 2.26. The summed E-state index contributed by atoms with van der Waals surface area (Å²) >= 11 is 2.04. The number of rotatable bonds is 3. The van der Waals surface area contributed by atoms with E-state index in [1.165, 1.54) is 36.1 Å². The highest BCUT2D eigenvalue weighted by atomic mass is 32.2. The Morgan fingerprint density at radius 1 is 1.25 bits per heavy atom. The van der Waals surface area contributed by atoms with Crippen LogP contribution in [-0.4, -0.2) is 11.8 Å². The van der Waals surface area contributed by atoms with E-state index in [1.54, 1.807) is 0 Å². The van der Waals surface area contributed by atoms with Gasteiger partial charge in [0, 0.05) is 21.9 Å². The molecule has 0 unspecified atom stereocenters. The summed E-state index contributed by atoms with van der Waals surface area (Å²) in [4.78, 5) is 1.44. The average Bonchev–Trinajstić information content (AvgIpc) is 2.93. The van der Waals surface area contributed by atoms with Crippen LogP contribution in [0.1, 0.15) is 37.3 Å². The van der Waals surface area contributed by atoms with Crippen molar-refractivity contribution in [2.45, 2.75) is 41.9 Å². The first kappa shape index (κ1) is 10.5. The van der Waals surface area contributed by atoms with E-state index in [0.29, 0.717) is 6.04 Å². The molecule has 1 saturated carbocycles. The van der Waals surface area contributed by atoms with Gasteiger partial charge in [0.15, 0.2) is 0 Å². The fraction of sp³-hybridized carbons (Fsp3) is 0.538. The predicted octanol–water partition coefficient (Wildman–Crippen LogP) is 2.95. The van der Waals surface area contributed by atoms with Gasteiger partial charge in [0.1, 0.15) is 0 Å². The molecule has 0 amide bonds. The smallest absolute Gasteiger partial charge is 0.0332 e. The van der Waals surface area contributed by atoms with Gasteiger partial charge in [-0.05, 0) is 56.0 Å². The predicted molar refractivity (Wildman–Crippen MR) is 69.7 cm³/mol. The van der Waals surface area contributed by atoms with Crippen molar-refractivity contribution in [2.24, 2.45) is 0 Å². The Bertz CT molecular complexity index is 382. The quantitative estimate of drug-likeness (QED) is 0.790. The van der Waals surface area contributed by atoms with Gasteiger partial charge in [-0.15, -0.1) is 11.8 Å². The summed E-state index contributed by atoms with van der Waals surface area (Å²) in [5.41, 5.74) is 8.22. The summed E-state index contributed by atoms with van der Waals surface area (Å²) in [6.45, 7) is 1.15. The number of hydrogen-bond donors (Lipinski definition) is 2. The second kappa shape index (κ2) is 4.30. The number of thioether (sulfide) groups is 1. The molecule has 0 spiro atoms. The van der Waals surface area contributed by atoms with Gasteiger partial charge in [0.25, 0.3) is 0 Å². The van der Waals surface area contributed by atoms with Crippen molar-refractivity contribution >= 4 is 17.4 Å². The minimum absolute atomic E-state index is 0.532. The van der Waals surface area contributed by atoms with Crippen molar-refractivity contribution in [3.05, 3.63) is 23.8 Å². The first-order valence-corrected chi connectivity index (χ1v) is 7.00. The monoisotopic (exact) mass is 234 g/mol. The van der Waals surface area contributed by atoms with E-state index in [9.17, 15) is 0 Å². The van der Waals surface area contributed by atoms with Crippen LogP contribution in [0.2, 0.25) is 0 Å². The number of anilines is 1. The van der Waals surface area contributed by atoms with Crippen LogP contribution in [0, 0.1) is 0 Å².